The highest BCUT2D eigenvalue weighted by atomic mass is 16.5. The van der Waals surface area contributed by atoms with Crippen LogP contribution < -0.4 is 9.47 Å². The molecule has 1 aliphatic heterocycles. The summed E-state index contributed by atoms with van der Waals surface area (Å²) in [6.45, 7) is 1.14. The number of nitrogens with one attached hydrogen (secondary N) is 1. The maximum absolute atomic E-state index is 8.05. The van der Waals surface area contributed by atoms with Gasteiger partial charge < -0.3 is 19.8 Å². The van der Waals surface area contributed by atoms with Crippen LogP contribution in [-0.4, -0.2) is 44.5 Å². The van der Waals surface area contributed by atoms with Crippen molar-refractivity contribution in [1.29, 1.82) is 5.41 Å². The van der Waals surface area contributed by atoms with Crippen LogP contribution in [0, 0.1) is 10.8 Å². The summed E-state index contributed by atoms with van der Waals surface area (Å²) >= 11 is 0. The summed E-state index contributed by atoms with van der Waals surface area (Å²) < 4.78 is 10.8. The van der Waals surface area contributed by atoms with Crippen molar-refractivity contribution in [2.45, 2.75) is 38.1 Å². The lowest BCUT2D eigenvalue weighted by molar-refractivity contribution is 0.154. The predicted molar refractivity (Wildman–Crippen MR) is 88.3 cm³/mol. The second-order valence-corrected chi connectivity index (χ2v) is 6.78. The smallest absolute Gasteiger partial charge is 0.160 e. The number of hydrogen-bond acceptors (Lipinski definition) is 4. The number of hydrogen-bond donors (Lipinski definition) is 1. The molecule has 1 aromatic carbocycles. The number of likely N-dealkylation sites (tertiary alicyclic amines) is 1. The number of methoxy groups -OCH3 is 2. The van der Waals surface area contributed by atoms with Crippen LogP contribution in [0.25, 0.3) is 0 Å². The average molecular weight is 302 g/mol. The van der Waals surface area contributed by atoms with Gasteiger partial charge in [-0.15, -0.1) is 0 Å². The molecule has 1 saturated carbocycles. The third kappa shape index (κ3) is 2.60. The van der Waals surface area contributed by atoms with E-state index in [0.29, 0.717) is 11.5 Å². The highest BCUT2D eigenvalue weighted by Gasteiger charge is 2.48. The van der Waals surface area contributed by atoms with Crippen molar-refractivity contribution in [3.63, 3.8) is 0 Å². The zero-order valence-electron chi connectivity index (χ0n) is 13.8. The predicted octanol–water partition coefficient (Wildman–Crippen LogP) is 3.14. The van der Waals surface area contributed by atoms with Crippen LogP contribution in [-0.2, 0) is 6.42 Å². The van der Waals surface area contributed by atoms with Crippen LogP contribution in [0.1, 0.15) is 31.2 Å². The molecular weight excluding hydrogens is 276 g/mol. The normalized spacial score (nSPS) is 28.5. The highest BCUT2D eigenvalue weighted by molar-refractivity contribution is 5.83. The lowest BCUT2D eigenvalue weighted by Crippen LogP contribution is -2.44. The van der Waals surface area contributed by atoms with Crippen molar-refractivity contribution in [2.24, 2.45) is 5.41 Å². The lowest BCUT2D eigenvalue weighted by Gasteiger charge is -2.41. The van der Waals surface area contributed by atoms with E-state index in [1.54, 1.807) is 14.2 Å². The van der Waals surface area contributed by atoms with Crippen molar-refractivity contribution >= 4 is 5.71 Å². The summed E-state index contributed by atoms with van der Waals surface area (Å²) in [4.78, 5) is 2.45. The first-order valence-corrected chi connectivity index (χ1v) is 8.05. The van der Waals surface area contributed by atoms with E-state index in [1.165, 1.54) is 12.0 Å². The average Bonchev–Trinajstić information content (AvgIpc) is 2.84. The van der Waals surface area contributed by atoms with Crippen molar-refractivity contribution < 1.29 is 9.47 Å². The standard InChI is InChI=1S/C18H26N2O2/c1-20-9-8-18(7-6-14(19)11-17(18)20)12-13-4-5-15(21-2)16(10-13)22-3/h4-5,10,17,19H,6-9,11-12H2,1-3H3/t17-,18-/m0/s1. The van der Waals surface area contributed by atoms with Gasteiger partial charge in [0.05, 0.1) is 14.2 Å². The Kier molecular flexibility index (Phi) is 4.13. The van der Waals surface area contributed by atoms with Gasteiger partial charge in [-0.2, -0.15) is 0 Å². The molecule has 0 radical (unpaired) electrons. The molecular formula is C18H26N2O2. The van der Waals surface area contributed by atoms with Crippen LogP contribution in [0.15, 0.2) is 18.2 Å². The first kappa shape index (κ1) is 15.3. The molecule has 4 nitrogen and oxygen atoms in total. The van der Waals surface area contributed by atoms with E-state index >= 15 is 0 Å². The number of ether oxygens (including phenoxy) is 2. The molecule has 22 heavy (non-hydrogen) atoms. The third-order valence-corrected chi connectivity index (χ3v) is 5.57. The van der Waals surface area contributed by atoms with Gasteiger partial charge in [-0.1, -0.05) is 6.07 Å². The van der Waals surface area contributed by atoms with Gasteiger partial charge >= 0.3 is 0 Å². The number of rotatable bonds is 4. The summed E-state index contributed by atoms with van der Waals surface area (Å²) in [7, 11) is 5.57. The molecule has 3 rings (SSSR count). The maximum Gasteiger partial charge on any atom is 0.160 e. The summed E-state index contributed by atoms with van der Waals surface area (Å²) in [5.74, 6) is 1.59. The molecule has 120 valence electrons. The molecule has 0 amide bonds. The molecule has 0 aromatic heterocycles. The fourth-order valence-corrected chi connectivity index (χ4v) is 4.28. The SMILES string of the molecule is COc1ccc(C[C@@]23CCC(=N)C[C@@H]2N(C)CC3)cc1OC. The van der Waals surface area contributed by atoms with Gasteiger partial charge in [0.1, 0.15) is 0 Å². The Morgan fingerprint density at radius 2 is 2.00 bits per heavy atom. The van der Waals surface area contributed by atoms with E-state index in [9.17, 15) is 0 Å². The summed E-state index contributed by atoms with van der Waals surface area (Å²) in [5.41, 5.74) is 2.55. The lowest BCUT2D eigenvalue weighted by atomic mass is 9.66. The summed E-state index contributed by atoms with van der Waals surface area (Å²) in [5, 5.41) is 8.05. The largest absolute Gasteiger partial charge is 0.493 e. The van der Waals surface area contributed by atoms with E-state index in [1.807, 2.05) is 6.07 Å². The second-order valence-electron chi connectivity index (χ2n) is 6.78. The minimum atomic E-state index is 0.318. The van der Waals surface area contributed by atoms with Gasteiger partial charge in [-0.3, -0.25) is 0 Å². The van der Waals surface area contributed by atoms with Gasteiger partial charge in [-0.25, -0.2) is 0 Å². The molecule has 1 heterocycles. The van der Waals surface area contributed by atoms with Crippen molar-refractivity contribution in [1.82, 2.24) is 4.90 Å². The van der Waals surface area contributed by atoms with Gasteiger partial charge in [0.25, 0.3) is 0 Å². The maximum atomic E-state index is 8.05. The quantitative estimate of drug-likeness (QED) is 0.929. The molecule has 1 saturated heterocycles. The van der Waals surface area contributed by atoms with E-state index in [-0.39, 0.29) is 0 Å². The fraction of sp³-hybridized carbons (Fsp3) is 0.611. The Hall–Kier alpha value is -1.55. The first-order chi connectivity index (χ1) is 10.6. The van der Waals surface area contributed by atoms with Crippen LogP contribution in [0.2, 0.25) is 0 Å². The zero-order chi connectivity index (χ0) is 15.7. The number of nitrogens with zero attached hydrogens (tertiary/aromatic N) is 1. The Morgan fingerprint density at radius 1 is 1.23 bits per heavy atom. The van der Waals surface area contributed by atoms with E-state index in [2.05, 4.69) is 24.1 Å². The minimum Gasteiger partial charge on any atom is -0.493 e. The van der Waals surface area contributed by atoms with Crippen molar-refractivity contribution in [3.05, 3.63) is 23.8 Å². The van der Waals surface area contributed by atoms with Crippen LogP contribution in [0.3, 0.4) is 0 Å². The van der Waals surface area contributed by atoms with Crippen LogP contribution in [0.4, 0.5) is 0 Å². The molecule has 2 fully saturated rings. The molecule has 0 bridgehead atoms. The van der Waals surface area contributed by atoms with Crippen molar-refractivity contribution in [3.8, 4) is 11.5 Å². The monoisotopic (exact) mass is 302 g/mol. The van der Waals surface area contributed by atoms with Gasteiger partial charge in [-0.05, 0) is 62.4 Å². The molecule has 2 atom stereocenters. The van der Waals surface area contributed by atoms with Gasteiger partial charge in [0.15, 0.2) is 11.5 Å². The second kappa shape index (κ2) is 5.92. The molecule has 1 N–H and O–H groups in total. The molecule has 1 aromatic rings. The number of fused-ring (bicyclic) bond motifs is 1. The van der Waals surface area contributed by atoms with Crippen molar-refractivity contribution in [2.75, 3.05) is 27.8 Å². The molecule has 1 aliphatic carbocycles. The first-order valence-electron chi connectivity index (χ1n) is 8.05. The Labute approximate surface area is 132 Å². The third-order valence-electron chi connectivity index (χ3n) is 5.57. The summed E-state index contributed by atoms with van der Waals surface area (Å²) in [6, 6.07) is 6.79. The zero-order valence-corrected chi connectivity index (χ0v) is 13.8. The van der Waals surface area contributed by atoms with Crippen LogP contribution >= 0.6 is 0 Å². The minimum absolute atomic E-state index is 0.318. The Morgan fingerprint density at radius 3 is 2.73 bits per heavy atom. The molecule has 2 aliphatic rings. The highest BCUT2D eigenvalue weighted by Crippen LogP contribution is 2.48. The van der Waals surface area contributed by atoms with E-state index in [4.69, 9.17) is 14.9 Å². The van der Waals surface area contributed by atoms with Crippen LogP contribution in [0.5, 0.6) is 11.5 Å². The topological polar surface area (TPSA) is 45.5 Å². The molecule has 0 spiro atoms. The van der Waals surface area contributed by atoms with E-state index < -0.39 is 0 Å². The molecule has 0 unspecified atom stereocenters. The fourth-order valence-electron chi connectivity index (χ4n) is 4.28. The Bertz CT molecular complexity index is 572. The Balaban J connectivity index is 1.86. The number of benzene rings is 1. The summed E-state index contributed by atoms with van der Waals surface area (Å²) in [6.07, 6.45) is 5.32. The van der Waals surface area contributed by atoms with Gasteiger partial charge in [0.2, 0.25) is 0 Å². The van der Waals surface area contributed by atoms with Gasteiger partial charge in [0, 0.05) is 18.2 Å². The van der Waals surface area contributed by atoms with E-state index in [0.717, 1.165) is 49.4 Å². The molecule has 4 heteroatoms.